The molecular formula is C10H9N5O3. The normalized spacial score (nSPS) is 10.5. The zero-order chi connectivity index (χ0) is 13.7. The van der Waals surface area contributed by atoms with E-state index in [1.807, 2.05) is 0 Å². The molecule has 0 unspecified atom stereocenters. The molecule has 0 saturated heterocycles. The van der Waals surface area contributed by atoms with Crippen LogP contribution in [0.5, 0.6) is 5.75 Å². The van der Waals surface area contributed by atoms with Crippen molar-refractivity contribution in [3.8, 4) is 11.8 Å². The molecule has 1 aromatic rings. The molecule has 18 heavy (non-hydrogen) atoms. The Labute approximate surface area is 101 Å². The van der Waals surface area contributed by atoms with E-state index in [1.54, 1.807) is 6.07 Å². The van der Waals surface area contributed by atoms with Gasteiger partial charge in [0.2, 0.25) is 5.71 Å². The Morgan fingerprint density at radius 3 is 2.72 bits per heavy atom. The van der Waals surface area contributed by atoms with Crippen LogP contribution in [0.1, 0.15) is 10.4 Å². The summed E-state index contributed by atoms with van der Waals surface area (Å²) in [5.74, 6) is -2.35. The van der Waals surface area contributed by atoms with Gasteiger partial charge in [0.25, 0.3) is 0 Å². The Kier molecular flexibility index (Phi) is 3.83. The lowest BCUT2D eigenvalue weighted by Crippen LogP contribution is -2.22. The van der Waals surface area contributed by atoms with Crippen molar-refractivity contribution < 1.29 is 15.0 Å². The van der Waals surface area contributed by atoms with Crippen LogP contribution in [-0.2, 0) is 0 Å². The summed E-state index contributed by atoms with van der Waals surface area (Å²) in [6.07, 6.45) is 0. The van der Waals surface area contributed by atoms with Crippen LogP contribution in [0, 0.1) is 16.7 Å². The smallest absolute Gasteiger partial charge is 0.341 e. The number of amidine groups is 1. The maximum absolute atomic E-state index is 10.9. The summed E-state index contributed by atoms with van der Waals surface area (Å²) >= 11 is 0. The number of anilines is 1. The molecule has 8 heteroatoms. The SMILES string of the molecule is N#C/C(=N\Nc1cccc(O)c1C(=O)O)C(=N)N. The summed E-state index contributed by atoms with van der Waals surface area (Å²) in [5.41, 5.74) is 6.54. The van der Waals surface area contributed by atoms with E-state index in [0.717, 1.165) is 0 Å². The molecular weight excluding hydrogens is 238 g/mol. The third kappa shape index (κ3) is 2.73. The molecule has 1 rings (SSSR count). The van der Waals surface area contributed by atoms with E-state index >= 15 is 0 Å². The molecule has 0 amide bonds. The fourth-order valence-corrected chi connectivity index (χ4v) is 1.12. The lowest BCUT2D eigenvalue weighted by molar-refractivity contribution is 0.0695. The number of aromatic hydroxyl groups is 1. The fourth-order valence-electron chi connectivity index (χ4n) is 1.12. The summed E-state index contributed by atoms with van der Waals surface area (Å²) in [5, 5.41) is 37.4. The number of carbonyl (C=O) groups is 1. The molecule has 0 fully saturated rings. The molecule has 0 aromatic heterocycles. The molecule has 6 N–H and O–H groups in total. The van der Waals surface area contributed by atoms with Crippen molar-refractivity contribution in [1.82, 2.24) is 0 Å². The van der Waals surface area contributed by atoms with Gasteiger partial charge in [-0.2, -0.15) is 10.4 Å². The Morgan fingerprint density at radius 1 is 1.56 bits per heavy atom. The van der Waals surface area contributed by atoms with Crippen LogP contribution in [0.2, 0.25) is 0 Å². The first-order valence-electron chi connectivity index (χ1n) is 4.60. The summed E-state index contributed by atoms with van der Waals surface area (Å²) in [6.45, 7) is 0. The first kappa shape index (κ1) is 13.0. The predicted molar refractivity (Wildman–Crippen MR) is 63.7 cm³/mol. The molecule has 1 aromatic carbocycles. The number of benzene rings is 1. The van der Waals surface area contributed by atoms with E-state index in [9.17, 15) is 9.90 Å². The molecule has 92 valence electrons. The third-order valence-electron chi connectivity index (χ3n) is 1.91. The number of hydrogen-bond donors (Lipinski definition) is 5. The number of hydrogen-bond acceptors (Lipinski definition) is 6. The van der Waals surface area contributed by atoms with Gasteiger partial charge >= 0.3 is 5.97 Å². The van der Waals surface area contributed by atoms with Gasteiger partial charge < -0.3 is 15.9 Å². The number of hydrazone groups is 1. The average molecular weight is 247 g/mol. The zero-order valence-corrected chi connectivity index (χ0v) is 9.01. The van der Waals surface area contributed by atoms with Gasteiger partial charge in [-0.1, -0.05) is 6.07 Å². The molecule has 0 heterocycles. The number of carboxylic acid groups (broad SMARTS) is 1. The number of carboxylic acids is 1. The zero-order valence-electron chi connectivity index (χ0n) is 9.01. The van der Waals surface area contributed by atoms with E-state index in [2.05, 4.69) is 10.5 Å². The summed E-state index contributed by atoms with van der Waals surface area (Å²) in [4.78, 5) is 10.9. The lowest BCUT2D eigenvalue weighted by Gasteiger charge is -2.06. The number of nitriles is 1. The Balaban J connectivity index is 3.14. The number of nitrogens with zero attached hydrogens (tertiary/aromatic N) is 2. The highest BCUT2D eigenvalue weighted by atomic mass is 16.4. The van der Waals surface area contributed by atoms with Gasteiger partial charge in [-0.05, 0) is 12.1 Å². The maximum atomic E-state index is 10.9. The summed E-state index contributed by atoms with van der Waals surface area (Å²) in [6, 6.07) is 5.52. The highest BCUT2D eigenvalue weighted by Crippen LogP contribution is 2.25. The average Bonchev–Trinajstić information content (AvgIpc) is 2.28. The Bertz CT molecular complexity index is 573. The molecule has 0 aliphatic carbocycles. The largest absolute Gasteiger partial charge is 0.507 e. The number of nitrogens with one attached hydrogen (secondary N) is 2. The number of nitrogens with two attached hydrogens (primary N) is 1. The number of rotatable bonds is 4. The Hall–Kier alpha value is -3.08. The van der Waals surface area contributed by atoms with Crippen LogP contribution in [0.15, 0.2) is 23.3 Å². The second kappa shape index (κ2) is 5.31. The van der Waals surface area contributed by atoms with Crippen molar-refractivity contribution in [2.45, 2.75) is 0 Å². The van der Waals surface area contributed by atoms with Crippen molar-refractivity contribution in [2.24, 2.45) is 10.8 Å². The van der Waals surface area contributed by atoms with Crippen LogP contribution < -0.4 is 11.2 Å². The monoisotopic (exact) mass is 247 g/mol. The van der Waals surface area contributed by atoms with Gasteiger partial charge in [-0.25, -0.2) is 4.79 Å². The van der Waals surface area contributed by atoms with Crippen LogP contribution in [-0.4, -0.2) is 27.7 Å². The van der Waals surface area contributed by atoms with E-state index in [-0.39, 0.29) is 11.3 Å². The first-order chi connectivity index (χ1) is 8.47. The van der Waals surface area contributed by atoms with Gasteiger partial charge in [-0.15, -0.1) is 0 Å². The maximum Gasteiger partial charge on any atom is 0.341 e. The molecule has 0 aliphatic heterocycles. The number of aromatic carboxylic acids is 1. The van der Waals surface area contributed by atoms with Gasteiger partial charge in [0.05, 0.1) is 5.69 Å². The highest BCUT2D eigenvalue weighted by Gasteiger charge is 2.15. The van der Waals surface area contributed by atoms with Gasteiger partial charge in [-0.3, -0.25) is 10.8 Å². The molecule has 0 atom stereocenters. The standard InChI is InChI=1S/C10H9N5O3/c11-4-6(9(12)13)15-14-5-2-1-3-7(16)8(5)10(17)18/h1-3,14,16H,(H3,12,13)(H,17,18)/b15-6+. The van der Waals surface area contributed by atoms with Gasteiger partial charge in [0.1, 0.15) is 17.4 Å². The summed E-state index contributed by atoms with van der Waals surface area (Å²) < 4.78 is 0. The van der Waals surface area contributed by atoms with Crippen molar-refractivity contribution in [3.05, 3.63) is 23.8 Å². The van der Waals surface area contributed by atoms with Crippen LogP contribution in [0.25, 0.3) is 0 Å². The molecule has 8 nitrogen and oxygen atoms in total. The minimum atomic E-state index is -1.35. The van der Waals surface area contributed by atoms with Crippen molar-refractivity contribution >= 4 is 23.2 Å². The molecule has 0 radical (unpaired) electrons. The van der Waals surface area contributed by atoms with E-state index in [4.69, 9.17) is 21.5 Å². The van der Waals surface area contributed by atoms with Crippen molar-refractivity contribution in [2.75, 3.05) is 5.43 Å². The van der Waals surface area contributed by atoms with Gasteiger partial charge in [0, 0.05) is 0 Å². The fraction of sp³-hybridized carbons (Fsp3) is 0. The van der Waals surface area contributed by atoms with Crippen LogP contribution in [0.4, 0.5) is 5.69 Å². The van der Waals surface area contributed by atoms with Crippen molar-refractivity contribution in [1.29, 1.82) is 10.7 Å². The minimum absolute atomic E-state index is 0.0171. The Morgan fingerprint density at radius 2 is 2.22 bits per heavy atom. The van der Waals surface area contributed by atoms with E-state index in [0.29, 0.717) is 0 Å². The predicted octanol–water partition coefficient (Wildman–Crippen LogP) is 0.318. The lowest BCUT2D eigenvalue weighted by atomic mass is 10.1. The second-order valence-electron chi connectivity index (χ2n) is 3.10. The molecule has 0 bridgehead atoms. The summed E-state index contributed by atoms with van der Waals surface area (Å²) in [7, 11) is 0. The van der Waals surface area contributed by atoms with E-state index < -0.39 is 23.3 Å². The minimum Gasteiger partial charge on any atom is -0.507 e. The second-order valence-corrected chi connectivity index (χ2v) is 3.10. The van der Waals surface area contributed by atoms with Crippen LogP contribution >= 0.6 is 0 Å². The number of phenols is 1. The first-order valence-corrected chi connectivity index (χ1v) is 4.60. The third-order valence-corrected chi connectivity index (χ3v) is 1.91. The topological polar surface area (TPSA) is 156 Å². The highest BCUT2D eigenvalue weighted by molar-refractivity contribution is 6.45. The quantitative estimate of drug-likeness (QED) is 0.293. The van der Waals surface area contributed by atoms with Crippen molar-refractivity contribution in [3.63, 3.8) is 0 Å². The molecule has 0 saturated carbocycles. The van der Waals surface area contributed by atoms with Crippen LogP contribution in [0.3, 0.4) is 0 Å². The van der Waals surface area contributed by atoms with Gasteiger partial charge in [0.15, 0.2) is 5.84 Å². The molecule has 0 aliphatic rings. The van der Waals surface area contributed by atoms with E-state index in [1.165, 1.54) is 18.2 Å². The molecule has 0 spiro atoms.